The standard InChI is InChI=1S/C19H19BrN2O3/c20-15-3-5-16(6-4-15)21-19(25)22-11-9-14(10-12-22)18(24)13-1-7-17(23)8-2-13/h1-8,14,23H,9-12H2,(H,21,25). The Morgan fingerprint density at radius 3 is 2.20 bits per heavy atom. The Hall–Kier alpha value is -2.34. The lowest BCUT2D eigenvalue weighted by Crippen LogP contribution is -2.42. The first-order valence-corrected chi connectivity index (χ1v) is 8.97. The molecule has 0 radical (unpaired) electrons. The zero-order chi connectivity index (χ0) is 17.8. The van der Waals surface area contributed by atoms with Crippen molar-refractivity contribution in [2.75, 3.05) is 18.4 Å². The highest BCUT2D eigenvalue weighted by Gasteiger charge is 2.28. The quantitative estimate of drug-likeness (QED) is 0.752. The van der Waals surface area contributed by atoms with Gasteiger partial charge in [0.05, 0.1) is 0 Å². The third-order valence-corrected chi connectivity index (χ3v) is 4.93. The molecule has 1 saturated heterocycles. The van der Waals surface area contributed by atoms with Gasteiger partial charge in [-0.15, -0.1) is 0 Å². The van der Waals surface area contributed by atoms with E-state index in [-0.39, 0.29) is 23.5 Å². The Balaban J connectivity index is 1.54. The number of aromatic hydroxyl groups is 1. The molecule has 130 valence electrons. The summed E-state index contributed by atoms with van der Waals surface area (Å²) in [7, 11) is 0. The molecule has 25 heavy (non-hydrogen) atoms. The third-order valence-electron chi connectivity index (χ3n) is 4.40. The van der Waals surface area contributed by atoms with Gasteiger partial charge in [-0.25, -0.2) is 4.79 Å². The highest BCUT2D eigenvalue weighted by molar-refractivity contribution is 9.10. The molecule has 0 atom stereocenters. The Labute approximate surface area is 154 Å². The fourth-order valence-electron chi connectivity index (χ4n) is 2.94. The zero-order valence-electron chi connectivity index (χ0n) is 13.6. The number of phenolic OH excluding ortho intramolecular Hbond substituents is 1. The van der Waals surface area contributed by atoms with Crippen molar-refractivity contribution in [3.8, 4) is 5.75 Å². The van der Waals surface area contributed by atoms with Crippen LogP contribution < -0.4 is 5.32 Å². The van der Waals surface area contributed by atoms with Crippen molar-refractivity contribution in [2.45, 2.75) is 12.8 Å². The van der Waals surface area contributed by atoms with Gasteiger partial charge < -0.3 is 15.3 Å². The van der Waals surface area contributed by atoms with Crippen molar-refractivity contribution in [3.63, 3.8) is 0 Å². The fourth-order valence-corrected chi connectivity index (χ4v) is 3.21. The number of Topliss-reactive ketones (excluding diaryl/α,β-unsaturated/α-hetero) is 1. The molecule has 2 aromatic rings. The second-order valence-corrected chi connectivity index (χ2v) is 7.03. The molecule has 0 aliphatic carbocycles. The molecule has 1 fully saturated rings. The summed E-state index contributed by atoms with van der Waals surface area (Å²) in [6.45, 7) is 1.10. The minimum atomic E-state index is -0.141. The van der Waals surface area contributed by atoms with Gasteiger partial charge in [0.15, 0.2) is 5.78 Å². The third kappa shape index (κ3) is 4.39. The maximum absolute atomic E-state index is 12.5. The lowest BCUT2D eigenvalue weighted by Gasteiger charge is -2.31. The first-order valence-electron chi connectivity index (χ1n) is 8.17. The van der Waals surface area contributed by atoms with Crippen LogP contribution in [0.15, 0.2) is 53.0 Å². The Kier molecular flexibility index (Phi) is 5.38. The van der Waals surface area contributed by atoms with Crippen LogP contribution >= 0.6 is 15.9 Å². The molecule has 6 heteroatoms. The number of phenols is 1. The van der Waals surface area contributed by atoms with Gasteiger partial charge in [-0.3, -0.25) is 4.79 Å². The summed E-state index contributed by atoms with van der Waals surface area (Å²) in [6, 6.07) is 13.6. The number of urea groups is 1. The molecule has 0 saturated carbocycles. The molecule has 2 N–H and O–H groups in total. The van der Waals surface area contributed by atoms with Crippen LogP contribution in [0.4, 0.5) is 10.5 Å². The molecular formula is C19H19BrN2O3. The summed E-state index contributed by atoms with van der Waals surface area (Å²) in [5.74, 6) is 0.144. The van der Waals surface area contributed by atoms with Gasteiger partial charge in [-0.05, 0) is 61.4 Å². The van der Waals surface area contributed by atoms with Crippen molar-refractivity contribution in [1.82, 2.24) is 4.90 Å². The molecule has 2 amide bonds. The Bertz CT molecular complexity index is 751. The van der Waals surface area contributed by atoms with Crippen molar-refractivity contribution >= 4 is 33.4 Å². The number of hydrogen-bond donors (Lipinski definition) is 2. The number of halogens is 1. The summed E-state index contributed by atoms with van der Waals surface area (Å²) in [5, 5.41) is 12.2. The average Bonchev–Trinajstić information content (AvgIpc) is 2.64. The zero-order valence-corrected chi connectivity index (χ0v) is 15.2. The van der Waals surface area contributed by atoms with Gasteiger partial charge in [0.25, 0.3) is 0 Å². The molecule has 0 bridgehead atoms. The molecule has 2 aromatic carbocycles. The Morgan fingerprint density at radius 2 is 1.60 bits per heavy atom. The molecule has 1 aliphatic heterocycles. The number of hydrogen-bond acceptors (Lipinski definition) is 3. The summed E-state index contributed by atoms with van der Waals surface area (Å²) >= 11 is 3.36. The predicted octanol–water partition coefficient (Wildman–Crippen LogP) is 4.28. The average molecular weight is 403 g/mol. The lowest BCUT2D eigenvalue weighted by atomic mass is 9.89. The minimum Gasteiger partial charge on any atom is -0.508 e. The first kappa shape index (κ1) is 17.5. The van der Waals surface area contributed by atoms with Gasteiger partial charge in [0.2, 0.25) is 0 Å². The van der Waals surface area contributed by atoms with Crippen LogP contribution in [-0.2, 0) is 0 Å². The van der Waals surface area contributed by atoms with Gasteiger partial charge >= 0.3 is 6.03 Å². The van der Waals surface area contributed by atoms with E-state index in [2.05, 4.69) is 21.2 Å². The molecule has 3 rings (SSSR count). The fraction of sp³-hybridized carbons (Fsp3) is 0.263. The number of rotatable bonds is 3. The second kappa shape index (κ2) is 7.70. The van der Waals surface area contributed by atoms with E-state index in [0.29, 0.717) is 31.5 Å². The number of amides is 2. The highest BCUT2D eigenvalue weighted by atomic mass is 79.9. The number of nitrogens with one attached hydrogen (secondary N) is 1. The van der Waals surface area contributed by atoms with E-state index >= 15 is 0 Å². The lowest BCUT2D eigenvalue weighted by molar-refractivity contribution is 0.0859. The van der Waals surface area contributed by atoms with Crippen LogP contribution in [0, 0.1) is 5.92 Å². The van der Waals surface area contributed by atoms with Gasteiger partial charge in [-0.2, -0.15) is 0 Å². The maximum Gasteiger partial charge on any atom is 0.321 e. The highest BCUT2D eigenvalue weighted by Crippen LogP contribution is 2.23. The number of anilines is 1. The van der Waals surface area contributed by atoms with E-state index in [9.17, 15) is 14.7 Å². The van der Waals surface area contributed by atoms with Crippen LogP contribution in [0.2, 0.25) is 0 Å². The predicted molar refractivity (Wildman–Crippen MR) is 99.9 cm³/mol. The van der Waals surface area contributed by atoms with Gasteiger partial charge in [0, 0.05) is 34.7 Å². The van der Waals surface area contributed by atoms with E-state index < -0.39 is 0 Å². The summed E-state index contributed by atoms with van der Waals surface area (Å²) in [5.41, 5.74) is 1.35. The van der Waals surface area contributed by atoms with E-state index in [1.54, 1.807) is 17.0 Å². The molecule has 5 nitrogen and oxygen atoms in total. The SMILES string of the molecule is O=C(c1ccc(O)cc1)C1CCN(C(=O)Nc2ccc(Br)cc2)CC1. The monoisotopic (exact) mass is 402 g/mol. The second-order valence-electron chi connectivity index (χ2n) is 6.11. The molecule has 0 aromatic heterocycles. The van der Waals surface area contributed by atoms with E-state index in [0.717, 1.165) is 10.2 Å². The molecule has 1 aliphatic rings. The number of benzene rings is 2. The summed E-state index contributed by atoms with van der Waals surface area (Å²) in [4.78, 5) is 26.6. The van der Waals surface area contributed by atoms with E-state index in [1.807, 2.05) is 24.3 Å². The maximum atomic E-state index is 12.5. The molecule has 0 unspecified atom stereocenters. The van der Waals surface area contributed by atoms with E-state index in [4.69, 9.17) is 0 Å². The smallest absolute Gasteiger partial charge is 0.321 e. The van der Waals surface area contributed by atoms with Crippen molar-refractivity contribution in [3.05, 3.63) is 58.6 Å². The van der Waals surface area contributed by atoms with E-state index in [1.165, 1.54) is 12.1 Å². The van der Waals surface area contributed by atoms with Crippen LogP contribution in [0.1, 0.15) is 23.2 Å². The van der Waals surface area contributed by atoms with Crippen molar-refractivity contribution < 1.29 is 14.7 Å². The number of nitrogens with zero attached hydrogens (tertiary/aromatic N) is 1. The number of piperidine rings is 1. The van der Waals surface area contributed by atoms with Crippen molar-refractivity contribution in [2.24, 2.45) is 5.92 Å². The first-order chi connectivity index (χ1) is 12.0. The topological polar surface area (TPSA) is 69.6 Å². The number of likely N-dealkylation sites (tertiary alicyclic amines) is 1. The Morgan fingerprint density at radius 1 is 1.00 bits per heavy atom. The summed E-state index contributed by atoms with van der Waals surface area (Å²) < 4.78 is 0.957. The van der Waals surface area contributed by atoms with Crippen molar-refractivity contribution in [1.29, 1.82) is 0 Å². The molecular weight excluding hydrogens is 384 g/mol. The minimum absolute atomic E-state index is 0.0768. The van der Waals surface area contributed by atoms with Crippen LogP contribution in [-0.4, -0.2) is 34.9 Å². The normalized spacial score (nSPS) is 15.0. The van der Waals surface area contributed by atoms with Gasteiger partial charge in [0.1, 0.15) is 5.75 Å². The molecule has 0 spiro atoms. The largest absolute Gasteiger partial charge is 0.508 e. The number of ketones is 1. The molecule has 1 heterocycles. The number of carbonyl (C=O) groups is 2. The van der Waals surface area contributed by atoms with Crippen LogP contribution in [0.5, 0.6) is 5.75 Å². The van der Waals surface area contributed by atoms with Crippen LogP contribution in [0.25, 0.3) is 0 Å². The van der Waals surface area contributed by atoms with Gasteiger partial charge in [-0.1, -0.05) is 15.9 Å². The summed E-state index contributed by atoms with van der Waals surface area (Å²) in [6.07, 6.45) is 1.29. The number of carbonyl (C=O) groups excluding carboxylic acids is 2. The van der Waals surface area contributed by atoms with Crippen LogP contribution in [0.3, 0.4) is 0 Å².